The number of amides is 1. The average Bonchev–Trinajstić information content (AvgIpc) is 2.79. The van der Waals surface area contributed by atoms with Gasteiger partial charge in [0.25, 0.3) is 5.91 Å². The highest BCUT2D eigenvalue weighted by Crippen LogP contribution is 2.23. The van der Waals surface area contributed by atoms with Crippen LogP contribution in [0.3, 0.4) is 0 Å². The molecule has 2 aliphatic rings. The van der Waals surface area contributed by atoms with Crippen molar-refractivity contribution < 1.29 is 4.79 Å². The van der Waals surface area contributed by atoms with Crippen LogP contribution in [0.25, 0.3) is 0 Å². The Labute approximate surface area is 167 Å². The van der Waals surface area contributed by atoms with Gasteiger partial charge in [0.2, 0.25) is 0 Å². The highest BCUT2D eigenvalue weighted by atomic mass is 16.2. The minimum Gasteiger partial charge on any atom is -0.367 e. The van der Waals surface area contributed by atoms with Crippen LogP contribution >= 0.6 is 0 Å². The summed E-state index contributed by atoms with van der Waals surface area (Å²) in [5.41, 5.74) is 1.65. The van der Waals surface area contributed by atoms with Crippen molar-refractivity contribution in [1.29, 1.82) is 0 Å². The molecular formula is C22H29N5O. The third-order valence-corrected chi connectivity index (χ3v) is 5.94. The molecular weight excluding hydrogens is 350 g/mol. The van der Waals surface area contributed by atoms with Gasteiger partial charge in [0, 0.05) is 45.0 Å². The van der Waals surface area contributed by atoms with Crippen molar-refractivity contribution in [3.05, 3.63) is 48.4 Å². The van der Waals surface area contributed by atoms with Crippen molar-refractivity contribution in [3.63, 3.8) is 0 Å². The maximum atomic E-state index is 12.9. The summed E-state index contributed by atoms with van der Waals surface area (Å²) in [6.45, 7) is 6.74. The fourth-order valence-corrected chi connectivity index (χ4v) is 4.27. The van der Waals surface area contributed by atoms with Crippen LogP contribution in [0.4, 0.5) is 11.5 Å². The second kappa shape index (κ2) is 8.59. The molecule has 6 heteroatoms. The highest BCUT2D eigenvalue weighted by Gasteiger charge is 2.27. The predicted molar refractivity (Wildman–Crippen MR) is 112 cm³/mol. The van der Waals surface area contributed by atoms with Gasteiger partial charge < -0.3 is 14.7 Å². The summed E-state index contributed by atoms with van der Waals surface area (Å²) < 4.78 is 0. The maximum Gasteiger partial charge on any atom is 0.272 e. The predicted octanol–water partition coefficient (Wildman–Crippen LogP) is 3.21. The summed E-state index contributed by atoms with van der Waals surface area (Å²) in [7, 11) is 0. The Bertz CT molecular complexity index is 771. The number of likely N-dealkylation sites (tertiary alicyclic amines) is 1. The van der Waals surface area contributed by atoms with E-state index in [-0.39, 0.29) is 5.91 Å². The fraction of sp³-hybridized carbons (Fsp3) is 0.500. The van der Waals surface area contributed by atoms with E-state index in [4.69, 9.17) is 0 Å². The van der Waals surface area contributed by atoms with Gasteiger partial charge in [-0.25, -0.2) is 9.97 Å². The van der Waals surface area contributed by atoms with E-state index < -0.39 is 0 Å². The summed E-state index contributed by atoms with van der Waals surface area (Å²) in [6, 6.07) is 10.3. The quantitative estimate of drug-likeness (QED) is 0.816. The fourth-order valence-electron chi connectivity index (χ4n) is 4.27. The molecule has 0 radical (unpaired) electrons. The average molecular weight is 380 g/mol. The van der Waals surface area contributed by atoms with Crippen molar-refractivity contribution in [1.82, 2.24) is 14.9 Å². The molecule has 1 unspecified atom stereocenters. The van der Waals surface area contributed by atoms with Gasteiger partial charge >= 0.3 is 0 Å². The number of hydrogen-bond acceptors (Lipinski definition) is 5. The van der Waals surface area contributed by atoms with Gasteiger partial charge in [-0.2, -0.15) is 0 Å². The van der Waals surface area contributed by atoms with Crippen LogP contribution in [-0.2, 0) is 0 Å². The van der Waals surface area contributed by atoms with Gasteiger partial charge in [-0.05, 0) is 49.9 Å². The third-order valence-electron chi connectivity index (χ3n) is 5.94. The topological polar surface area (TPSA) is 52.6 Å². The second-order valence-electron chi connectivity index (χ2n) is 7.62. The molecule has 4 heterocycles. The zero-order valence-corrected chi connectivity index (χ0v) is 16.6. The van der Waals surface area contributed by atoms with Crippen LogP contribution in [0.15, 0.2) is 42.7 Å². The first kappa shape index (κ1) is 18.7. The number of anilines is 2. The molecule has 148 valence electrons. The standard InChI is InChI=1S/C22H29N5O/c1-2-18-7-4-6-12-27(18)22(28)20-10-9-19(17-24-20)25-13-15-26(16-14-25)21-8-3-5-11-23-21/h3,5,8-11,17-18H,2,4,6-7,12-16H2,1H3. The molecule has 0 N–H and O–H groups in total. The van der Waals surface area contributed by atoms with Crippen molar-refractivity contribution in [3.8, 4) is 0 Å². The van der Waals surface area contributed by atoms with Crippen LogP contribution in [-0.4, -0.2) is 59.5 Å². The number of carbonyl (C=O) groups excluding carboxylic acids is 1. The molecule has 2 fully saturated rings. The zero-order chi connectivity index (χ0) is 19.3. The normalized spacial score (nSPS) is 20.3. The van der Waals surface area contributed by atoms with E-state index in [0.29, 0.717) is 11.7 Å². The molecule has 0 saturated carbocycles. The van der Waals surface area contributed by atoms with Crippen LogP contribution in [0.2, 0.25) is 0 Å². The van der Waals surface area contributed by atoms with Gasteiger partial charge in [-0.15, -0.1) is 0 Å². The SMILES string of the molecule is CCC1CCCCN1C(=O)c1ccc(N2CCN(c3ccccn3)CC2)cn1. The van der Waals surface area contributed by atoms with Crippen LogP contribution in [0.1, 0.15) is 43.1 Å². The first-order valence-corrected chi connectivity index (χ1v) is 10.4. The maximum absolute atomic E-state index is 12.9. The summed E-state index contributed by atoms with van der Waals surface area (Å²) in [6.07, 6.45) is 8.15. The monoisotopic (exact) mass is 379 g/mol. The van der Waals surface area contributed by atoms with Crippen LogP contribution < -0.4 is 9.80 Å². The zero-order valence-electron chi connectivity index (χ0n) is 16.6. The van der Waals surface area contributed by atoms with E-state index >= 15 is 0 Å². The Morgan fingerprint density at radius 2 is 1.82 bits per heavy atom. The van der Waals surface area contributed by atoms with Crippen LogP contribution in [0, 0.1) is 0 Å². The molecule has 4 rings (SSSR count). The van der Waals surface area contributed by atoms with Gasteiger partial charge in [0.15, 0.2) is 0 Å². The van der Waals surface area contributed by atoms with Crippen molar-refractivity contribution in [2.45, 2.75) is 38.6 Å². The summed E-state index contributed by atoms with van der Waals surface area (Å²) >= 11 is 0. The number of rotatable bonds is 4. The van der Waals surface area contributed by atoms with Crippen molar-refractivity contribution in [2.75, 3.05) is 42.5 Å². The first-order valence-electron chi connectivity index (χ1n) is 10.4. The van der Waals surface area contributed by atoms with E-state index in [2.05, 4.69) is 32.8 Å². The Morgan fingerprint density at radius 3 is 2.50 bits per heavy atom. The molecule has 2 aromatic heterocycles. The molecule has 0 bridgehead atoms. The smallest absolute Gasteiger partial charge is 0.272 e. The molecule has 2 saturated heterocycles. The van der Waals surface area contributed by atoms with E-state index in [9.17, 15) is 4.79 Å². The Hall–Kier alpha value is -2.63. The minimum absolute atomic E-state index is 0.0815. The minimum atomic E-state index is 0.0815. The first-order chi connectivity index (χ1) is 13.8. The lowest BCUT2D eigenvalue weighted by molar-refractivity contribution is 0.0602. The number of aromatic nitrogens is 2. The molecule has 6 nitrogen and oxygen atoms in total. The molecule has 2 aliphatic heterocycles. The Balaban J connectivity index is 1.38. The molecule has 0 aromatic carbocycles. The summed E-state index contributed by atoms with van der Waals surface area (Å²) in [5.74, 6) is 1.12. The van der Waals surface area contributed by atoms with Gasteiger partial charge in [0.1, 0.15) is 11.5 Å². The lowest BCUT2D eigenvalue weighted by Crippen LogP contribution is -2.47. The van der Waals surface area contributed by atoms with Gasteiger partial charge in [-0.1, -0.05) is 13.0 Å². The molecule has 1 amide bonds. The van der Waals surface area contributed by atoms with E-state index in [1.807, 2.05) is 41.6 Å². The number of carbonyl (C=O) groups is 1. The summed E-state index contributed by atoms with van der Waals surface area (Å²) in [4.78, 5) is 28.5. The van der Waals surface area contributed by atoms with E-state index in [0.717, 1.165) is 63.5 Å². The second-order valence-corrected chi connectivity index (χ2v) is 7.62. The number of hydrogen-bond donors (Lipinski definition) is 0. The molecule has 28 heavy (non-hydrogen) atoms. The Kier molecular flexibility index (Phi) is 5.74. The lowest BCUT2D eigenvalue weighted by atomic mass is 9.99. The molecule has 0 aliphatic carbocycles. The van der Waals surface area contributed by atoms with E-state index in [1.165, 1.54) is 6.42 Å². The molecule has 0 spiro atoms. The number of nitrogens with zero attached hydrogens (tertiary/aromatic N) is 5. The molecule has 2 aromatic rings. The largest absolute Gasteiger partial charge is 0.367 e. The lowest BCUT2D eigenvalue weighted by Gasteiger charge is -2.37. The van der Waals surface area contributed by atoms with Crippen molar-refractivity contribution in [2.24, 2.45) is 0 Å². The Morgan fingerprint density at radius 1 is 1.00 bits per heavy atom. The van der Waals surface area contributed by atoms with Crippen LogP contribution in [0.5, 0.6) is 0 Å². The van der Waals surface area contributed by atoms with Gasteiger partial charge in [-0.3, -0.25) is 4.79 Å². The van der Waals surface area contributed by atoms with Gasteiger partial charge in [0.05, 0.1) is 11.9 Å². The third kappa shape index (κ3) is 3.96. The van der Waals surface area contributed by atoms with E-state index in [1.54, 1.807) is 0 Å². The number of pyridine rings is 2. The number of piperidine rings is 1. The summed E-state index contributed by atoms with van der Waals surface area (Å²) in [5, 5.41) is 0. The van der Waals surface area contributed by atoms with Crippen molar-refractivity contribution >= 4 is 17.4 Å². The number of piperazine rings is 1. The molecule has 1 atom stereocenters. The highest BCUT2D eigenvalue weighted by molar-refractivity contribution is 5.92.